The Bertz CT molecular complexity index is 288. The van der Waals surface area contributed by atoms with Crippen molar-refractivity contribution in [2.45, 2.75) is 19.8 Å². The third-order valence-corrected chi connectivity index (χ3v) is 2.97. The zero-order valence-corrected chi connectivity index (χ0v) is 9.47. The van der Waals surface area contributed by atoms with Crippen LogP contribution in [0.25, 0.3) is 0 Å². The van der Waals surface area contributed by atoms with Gasteiger partial charge < -0.3 is 4.84 Å². The summed E-state index contributed by atoms with van der Waals surface area (Å²) in [6.07, 6.45) is 0. The van der Waals surface area contributed by atoms with Gasteiger partial charge in [0.1, 0.15) is 0 Å². The lowest BCUT2D eigenvalue weighted by Gasteiger charge is -2.11. The molecule has 2 N–H and O–H groups in total. The molecule has 0 aliphatic heterocycles. The van der Waals surface area contributed by atoms with Crippen LogP contribution in [0.15, 0.2) is 22.7 Å². The van der Waals surface area contributed by atoms with Gasteiger partial charge >= 0.3 is 0 Å². The van der Waals surface area contributed by atoms with E-state index in [1.807, 2.05) is 0 Å². The normalized spacial score (nSPS) is 12.9. The molecule has 0 fully saturated rings. The van der Waals surface area contributed by atoms with Crippen molar-refractivity contribution in [3.05, 3.63) is 33.8 Å². The fourth-order valence-corrected chi connectivity index (χ4v) is 1.55. The third-order valence-electron chi connectivity index (χ3n) is 2.11. The molecule has 0 heterocycles. The Morgan fingerprint density at radius 1 is 1.54 bits per heavy atom. The van der Waals surface area contributed by atoms with Gasteiger partial charge in [-0.2, -0.15) is 0 Å². The predicted octanol–water partition coefficient (Wildman–Crippen LogP) is 2.75. The Balaban J connectivity index is 2.84. The van der Waals surface area contributed by atoms with E-state index in [2.05, 4.69) is 52.8 Å². The monoisotopic (exact) mass is 243 g/mol. The lowest BCUT2D eigenvalue weighted by atomic mass is 10.0. The summed E-state index contributed by atoms with van der Waals surface area (Å²) in [5.41, 5.74) is 2.48. The molecule has 1 atom stereocenters. The topological polar surface area (TPSA) is 35.2 Å². The van der Waals surface area contributed by atoms with Crippen molar-refractivity contribution in [1.29, 1.82) is 0 Å². The number of aryl methyl sites for hydroxylation is 1. The Morgan fingerprint density at radius 3 is 2.77 bits per heavy atom. The molecule has 13 heavy (non-hydrogen) atoms. The van der Waals surface area contributed by atoms with Crippen LogP contribution in [0.2, 0.25) is 0 Å². The smallest absolute Gasteiger partial charge is 0.0745 e. The van der Waals surface area contributed by atoms with Crippen LogP contribution in [0.5, 0.6) is 0 Å². The molecule has 0 radical (unpaired) electrons. The van der Waals surface area contributed by atoms with Crippen LogP contribution in [-0.4, -0.2) is 6.61 Å². The van der Waals surface area contributed by atoms with E-state index >= 15 is 0 Å². The van der Waals surface area contributed by atoms with Crippen LogP contribution in [0.4, 0.5) is 0 Å². The summed E-state index contributed by atoms with van der Waals surface area (Å²) >= 11 is 3.49. The van der Waals surface area contributed by atoms with Crippen LogP contribution >= 0.6 is 15.9 Å². The first-order chi connectivity index (χ1) is 6.15. The average molecular weight is 244 g/mol. The summed E-state index contributed by atoms with van der Waals surface area (Å²) in [6, 6.07) is 6.30. The molecule has 0 aliphatic rings. The highest BCUT2D eigenvalue weighted by atomic mass is 79.9. The molecule has 0 saturated heterocycles. The van der Waals surface area contributed by atoms with E-state index in [9.17, 15) is 0 Å². The Morgan fingerprint density at radius 2 is 2.23 bits per heavy atom. The van der Waals surface area contributed by atoms with Gasteiger partial charge in [0.25, 0.3) is 0 Å². The Labute approximate surface area is 87.2 Å². The van der Waals surface area contributed by atoms with Crippen LogP contribution in [0.1, 0.15) is 24.0 Å². The second kappa shape index (κ2) is 4.74. The number of hydrogen-bond donors (Lipinski definition) is 1. The maximum atomic E-state index is 5.02. The predicted molar refractivity (Wildman–Crippen MR) is 57.4 cm³/mol. The summed E-state index contributed by atoms with van der Waals surface area (Å²) in [5, 5.41) is 0. The highest BCUT2D eigenvalue weighted by molar-refractivity contribution is 9.10. The van der Waals surface area contributed by atoms with E-state index in [1.165, 1.54) is 11.1 Å². The number of halogens is 1. The highest BCUT2D eigenvalue weighted by Gasteiger charge is 2.06. The molecule has 0 saturated carbocycles. The third kappa shape index (κ3) is 2.79. The molecule has 2 nitrogen and oxygen atoms in total. The van der Waals surface area contributed by atoms with Crippen molar-refractivity contribution in [2.75, 3.05) is 6.61 Å². The molecule has 0 bridgehead atoms. The minimum atomic E-state index is 0.335. The average Bonchev–Trinajstić information content (AvgIpc) is 2.10. The molecule has 1 aromatic rings. The first-order valence-electron chi connectivity index (χ1n) is 4.23. The largest absolute Gasteiger partial charge is 0.304 e. The SMILES string of the molecule is Cc1ccc(C(C)CON)cc1Br. The van der Waals surface area contributed by atoms with Crippen molar-refractivity contribution in [3.8, 4) is 0 Å². The van der Waals surface area contributed by atoms with Gasteiger partial charge in [0.2, 0.25) is 0 Å². The summed E-state index contributed by atoms with van der Waals surface area (Å²) in [6.45, 7) is 4.71. The molecule has 0 aromatic heterocycles. The molecule has 1 aromatic carbocycles. The van der Waals surface area contributed by atoms with E-state index in [0.717, 1.165) is 4.47 Å². The van der Waals surface area contributed by atoms with E-state index < -0.39 is 0 Å². The van der Waals surface area contributed by atoms with Crippen LogP contribution in [0, 0.1) is 6.92 Å². The number of benzene rings is 1. The van der Waals surface area contributed by atoms with Gasteiger partial charge in [-0.1, -0.05) is 35.0 Å². The lowest BCUT2D eigenvalue weighted by molar-refractivity contribution is 0.126. The van der Waals surface area contributed by atoms with Crippen LogP contribution in [0.3, 0.4) is 0 Å². The maximum Gasteiger partial charge on any atom is 0.0745 e. The molecule has 3 heteroatoms. The number of nitrogens with two attached hydrogens (primary N) is 1. The van der Waals surface area contributed by atoms with E-state index in [4.69, 9.17) is 5.90 Å². The van der Waals surface area contributed by atoms with Gasteiger partial charge in [-0.3, -0.25) is 0 Å². The molecule has 0 aliphatic carbocycles. The summed E-state index contributed by atoms with van der Waals surface area (Å²) < 4.78 is 1.13. The summed E-state index contributed by atoms with van der Waals surface area (Å²) in [4.78, 5) is 4.61. The number of rotatable bonds is 3. The molecule has 0 spiro atoms. The summed E-state index contributed by atoms with van der Waals surface area (Å²) in [5.74, 6) is 5.36. The second-order valence-corrected chi connectivity index (χ2v) is 4.10. The number of hydrogen-bond acceptors (Lipinski definition) is 2. The Kier molecular flexibility index (Phi) is 3.90. The molecular weight excluding hydrogens is 230 g/mol. The quantitative estimate of drug-likeness (QED) is 0.829. The van der Waals surface area contributed by atoms with Gasteiger partial charge in [0, 0.05) is 10.4 Å². The van der Waals surface area contributed by atoms with Crippen LogP contribution < -0.4 is 5.90 Å². The Hall–Kier alpha value is -0.380. The zero-order chi connectivity index (χ0) is 9.84. The second-order valence-electron chi connectivity index (χ2n) is 3.24. The zero-order valence-electron chi connectivity index (χ0n) is 7.88. The molecule has 0 amide bonds. The van der Waals surface area contributed by atoms with Gasteiger partial charge in [-0.25, -0.2) is 5.90 Å². The van der Waals surface area contributed by atoms with Gasteiger partial charge in [0.05, 0.1) is 6.61 Å². The van der Waals surface area contributed by atoms with Gasteiger partial charge in [0.15, 0.2) is 0 Å². The first-order valence-corrected chi connectivity index (χ1v) is 5.02. The van der Waals surface area contributed by atoms with Gasteiger partial charge in [-0.15, -0.1) is 0 Å². The van der Waals surface area contributed by atoms with E-state index in [0.29, 0.717) is 12.5 Å². The standard InChI is InChI=1S/C10H14BrNO/c1-7-3-4-9(5-10(7)11)8(2)6-13-12/h3-5,8H,6,12H2,1-2H3. The molecule has 1 unspecified atom stereocenters. The van der Waals surface area contributed by atoms with Crippen molar-refractivity contribution in [1.82, 2.24) is 0 Å². The minimum Gasteiger partial charge on any atom is -0.304 e. The van der Waals surface area contributed by atoms with Crippen molar-refractivity contribution >= 4 is 15.9 Å². The maximum absolute atomic E-state index is 5.02. The first kappa shape index (κ1) is 10.7. The van der Waals surface area contributed by atoms with Crippen molar-refractivity contribution in [2.24, 2.45) is 5.90 Å². The lowest BCUT2D eigenvalue weighted by Crippen LogP contribution is -2.08. The minimum absolute atomic E-state index is 0.335. The van der Waals surface area contributed by atoms with Crippen LogP contribution in [-0.2, 0) is 4.84 Å². The fourth-order valence-electron chi connectivity index (χ4n) is 1.16. The highest BCUT2D eigenvalue weighted by Crippen LogP contribution is 2.22. The van der Waals surface area contributed by atoms with E-state index in [1.54, 1.807) is 0 Å². The molecular formula is C10H14BrNO. The van der Waals surface area contributed by atoms with Crippen molar-refractivity contribution in [3.63, 3.8) is 0 Å². The summed E-state index contributed by atoms with van der Waals surface area (Å²) in [7, 11) is 0. The molecule has 72 valence electrons. The van der Waals surface area contributed by atoms with E-state index in [-0.39, 0.29) is 0 Å². The van der Waals surface area contributed by atoms with Gasteiger partial charge in [-0.05, 0) is 24.1 Å². The van der Waals surface area contributed by atoms with Crippen molar-refractivity contribution < 1.29 is 4.84 Å². The molecule has 1 rings (SSSR count). The fraction of sp³-hybridized carbons (Fsp3) is 0.400.